The fourth-order valence-electron chi connectivity index (χ4n) is 2.30. The molecule has 0 aromatic heterocycles. The Labute approximate surface area is 93.2 Å². The van der Waals surface area contributed by atoms with Gasteiger partial charge < -0.3 is 15.0 Å². The maximum Gasteiger partial charge on any atom is 0.0547 e. The van der Waals surface area contributed by atoms with E-state index in [0.29, 0.717) is 5.41 Å². The number of rotatable bonds is 6. The monoisotopic (exact) mass is 212 g/mol. The van der Waals surface area contributed by atoms with Gasteiger partial charge in [-0.1, -0.05) is 6.92 Å². The van der Waals surface area contributed by atoms with Crippen LogP contribution in [0.25, 0.3) is 0 Å². The number of nitrogens with zero attached hydrogens (tertiary/aromatic N) is 1. The molecule has 0 spiro atoms. The van der Waals surface area contributed by atoms with Gasteiger partial charge in [0.15, 0.2) is 0 Å². The van der Waals surface area contributed by atoms with Gasteiger partial charge in [-0.15, -0.1) is 0 Å². The lowest BCUT2D eigenvalue weighted by molar-refractivity contribution is 0.120. The first-order valence-electron chi connectivity index (χ1n) is 6.24. The van der Waals surface area contributed by atoms with Crippen molar-refractivity contribution in [3.05, 3.63) is 0 Å². The summed E-state index contributed by atoms with van der Waals surface area (Å²) in [6, 6.07) is 0.814. The molecule has 0 radical (unpaired) electrons. The summed E-state index contributed by atoms with van der Waals surface area (Å²) in [7, 11) is 2.21. The molecule has 15 heavy (non-hydrogen) atoms. The molecule has 2 rings (SSSR count). The third kappa shape index (κ3) is 3.16. The van der Waals surface area contributed by atoms with Crippen LogP contribution >= 0.6 is 0 Å². The summed E-state index contributed by atoms with van der Waals surface area (Å²) in [6.07, 6.45) is 3.97. The second-order valence-electron chi connectivity index (χ2n) is 5.29. The Balaban J connectivity index is 1.83. The van der Waals surface area contributed by atoms with Gasteiger partial charge in [-0.3, -0.25) is 0 Å². The fourth-order valence-corrected chi connectivity index (χ4v) is 2.30. The lowest BCUT2D eigenvalue weighted by Crippen LogP contribution is -2.44. The molecule has 3 nitrogen and oxygen atoms in total. The van der Waals surface area contributed by atoms with E-state index in [-0.39, 0.29) is 0 Å². The quantitative estimate of drug-likeness (QED) is 0.713. The Morgan fingerprint density at radius 2 is 2.27 bits per heavy atom. The zero-order valence-electron chi connectivity index (χ0n) is 10.1. The van der Waals surface area contributed by atoms with Crippen molar-refractivity contribution < 1.29 is 4.74 Å². The Bertz CT molecular complexity index is 198. The molecule has 1 saturated carbocycles. The Morgan fingerprint density at radius 3 is 2.80 bits per heavy atom. The molecule has 1 atom stereocenters. The lowest BCUT2D eigenvalue weighted by atomic mass is 9.86. The van der Waals surface area contributed by atoms with Crippen molar-refractivity contribution in [2.75, 3.05) is 39.9 Å². The van der Waals surface area contributed by atoms with Gasteiger partial charge in [-0.2, -0.15) is 0 Å². The zero-order chi connectivity index (χ0) is 10.7. The summed E-state index contributed by atoms with van der Waals surface area (Å²) in [5.74, 6) is 0. The molecule has 3 heteroatoms. The highest BCUT2D eigenvalue weighted by Crippen LogP contribution is 2.30. The van der Waals surface area contributed by atoms with E-state index >= 15 is 0 Å². The van der Waals surface area contributed by atoms with Crippen LogP contribution in [0.5, 0.6) is 0 Å². The van der Waals surface area contributed by atoms with Gasteiger partial charge in [0, 0.05) is 31.2 Å². The number of hydrogen-bond acceptors (Lipinski definition) is 3. The number of nitrogens with one attached hydrogen (secondary N) is 1. The van der Waals surface area contributed by atoms with Gasteiger partial charge in [0.05, 0.1) is 6.61 Å². The molecule has 1 N–H and O–H groups in total. The second kappa shape index (κ2) is 4.81. The average Bonchev–Trinajstić information content (AvgIpc) is 2.97. The Kier molecular flexibility index (Phi) is 3.65. The van der Waals surface area contributed by atoms with Crippen LogP contribution in [0.1, 0.15) is 26.2 Å². The van der Waals surface area contributed by atoms with Gasteiger partial charge in [0.2, 0.25) is 0 Å². The topological polar surface area (TPSA) is 24.5 Å². The van der Waals surface area contributed by atoms with Gasteiger partial charge in [-0.25, -0.2) is 0 Å². The molecule has 1 unspecified atom stereocenters. The maximum atomic E-state index is 5.59. The first-order valence-corrected chi connectivity index (χ1v) is 6.24. The van der Waals surface area contributed by atoms with Gasteiger partial charge >= 0.3 is 0 Å². The summed E-state index contributed by atoms with van der Waals surface area (Å²) < 4.78 is 5.59. The molecule has 1 aliphatic heterocycles. The summed E-state index contributed by atoms with van der Waals surface area (Å²) in [4.78, 5) is 2.41. The minimum atomic E-state index is 0.382. The first-order chi connectivity index (χ1) is 7.24. The van der Waals surface area contributed by atoms with Gasteiger partial charge in [0.1, 0.15) is 0 Å². The van der Waals surface area contributed by atoms with Crippen LogP contribution in [-0.4, -0.2) is 50.8 Å². The van der Waals surface area contributed by atoms with Crippen molar-refractivity contribution in [1.29, 1.82) is 0 Å². The van der Waals surface area contributed by atoms with Crippen LogP contribution < -0.4 is 5.32 Å². The first kappa shape index (κ1) is 11.4. The minimum Gasteiger partial charge on any atom is -0.381 e. The highest BCUT2D eigenvalue weighted by Gasteiger charge is 2.37. The maximum absolute atomic E-state index is 5.59. The van der Waals surface area contributed by atoms with Crippen molar-refractivity contribution in [1.82, 2.24) is 10.2 Å². The fraction of sp³-hybridized carbons (Fsp3) is 1.00. The van der Waals surface area contributed by atoms with Crippen molar-refractivity contribution in [3.8, 4) is 0 Å². The molecule has 1 saturated heterocycles. The van der Waals surface area contributed by atoms with Crippen LogP contribution in [0.4, 0.5) is 0 Å². The van der Waals surface area contributed by atoms with E-state index in [0.717, 1.165) is 32.3 Å². The highest BCUT2D eigenvalue weighted by molar-refractivity contribution is 4.91. The van der Waals surface area contributed by atoms with Crippen LogP contribution in [0.15, 0.2) is 0 Å². The third-order valence-electron chi connectivity index (χ3n) is 3.67. The van der Waals surface area contributed by atoms with Crippen LogP contribution in [-0.2, 0) is 4.74 Å². The lowest BCUT2D eigenvalue weighted by Gasteiger charge is -2.32. The highest BCUT2D eigenvalue weighted by atomic mass is 16.5. The van der Waals surface area contributed by atoms with E-state index in [1.54, 1.807) is 0 Å². The predicted molar refractivity (Wildman–Crippen MR) is 62.1 cm³/mol. The van der Waals surface area contributed by atoms with Crippen LogP contribution in [0.2, 0.25) is 0 Å². The van der Waals surface area contributed by atoms with E-state index in [2.05, 4.69) is 24.2 Å². The van der Waals surface area contributed by atoms with Crippen molar-refractivity contribution in [2.24, 2.45) is 5.41 Å². The zero-order valence-corrected chi connectivity index (χ0v) is 10.1. The normalized spacial score (nSPS) is 31.4. The molecule has 2 fully saturated rings. The largest absolute Gasteiger partial charge is 0.381 e. The van der Waals surface area contributed by atoms with Crippen molar-refractivity contribution in [2.45, 2.75) is 32.2 Å². The van der Waals surface area contributed by atoms with E-state index in [4.69, 9.17) is 4.74 Å². The van der Waals surface area contributed by atoms with Crippen LogP contribution in [0.3, 0.4) is 0 Å². The number of hydrogen-bond donors (Lipinski definition) is 1. The Morgan fingerprint density at radius 1 is 1.47 bits per heavy atom. The van der Waals surface area contributed by atoms with E-state index in [1.165, 1.54) is 25.8 Å². The average molecular weight is 212 g/mol. The molecular formula is C12H24N2O. The van der Waals surface area contributed by atoms with E-state index in [1.807, 2.05) is 0 Å². The molecule has 88 valence electrons. The SMILES string of the molecule is CCN(C)CC1(CNC2CC2)CCOC1. The minimum absolute atomic E-state index is 0.382. The molecule has 0 amide bonds. The van der Waals surface area contributed by atoms with Crippen molar-refractivity contribution in [3.63, 3.8) is 0 Å². The summed E-state index contributed by atoms with van der Waals surface area (Å²) >= 11 is 0. The van der Waals surface area contributed by atoms with Crippen molar-refractivity contribution >= 4 is 0 Å². The van der Waals surface area contributed by atoms with E-state index in [9.17, 15) is 0 Å². The number of ether oxygens (including phenoxy) is 1. The summed E-state index contributed by atoms with van der Waals surface area (Å²) in [5, 5.41) is 3.66. The molecular weight excluding hydrogens is 188 g/mol. The van der Waals surface area contributed by atoms with E-state index < -0.39 is 0 Å². The summed E-state index contributed by atoms with van der Waals surface area (Å²) in [5.41, 5.74) is 0.382. The standard InChI is InChI=1S/C12H24N2O/c1-3-14(2)9-12(6-7-15-10-12)8-13-11-4-5-11/h11,13H,3-10H2,1-2H3. The van der Waals surface area contributed by atoms with Gasteiger partial charge in [0.25, 0.3) is 0 Å². The third-order valence-corrected chi connectivity index (χ3v) is 3.67. The molecule has 2 aliphatic rings. The second-order valence-corrected chi connectivity index (χ2v) is 5.29. The molecule has 0 bridgehead atoms. The molecule has 0 aromatic carbocycles. The van der Waals surface area contributed by atoms with Crippen LogP contribution in [0, 0.1) is 5.41 Å². The van der Waals surface area contributed by atoms with Gasteiger partial charge in [-0.05, 0) is 32.9 Å². The summed E-state index contributed by atoms with van der Waals surface area (Å²) in [6.45, 7) is 7.55. The molecule has 1 aliphatic carbocycles. The molecule has 0 aromatic rings. The molecule has 1 heterocycles. The smallest absolute Gasteiger partial charge is 0.0547 e. The Hall–Kier alpha value is -0.120. The predicted octanol–water partition coefficient (Wildman–Crippen LogP) is 1.10.